The molecule has 0 radical (unpaired) electrons. The van der Waals surface area contributed by atoms with E-state index in [9.17, 15) is 14.4 Å². The zero-order valence-corrected chi connectivity index (χ0v) is 21.3. The van der Waals surface area contributed by atoms with E-state index in [0.717, 1.165) is 38.5 Å². The molecule has 0 bridgehead atoms. The number of hydrogen-bond donors (Lipinski definition) is 3. The van der Waals surface area contributed by atoms with Crippen LogP contribution in [0.5, 0.6) is 0 Å². The quantitative estimate of drug-likeness (QED) is 0.267. The molecular weight excluding hydrogens is 438 g/mol. The fourth-order valence-electron chi connectivity index (χ4n) is 3.39. The molecule has 0 amide bonds. The molecule has 0 N–H and O–H groups in total. The molecule has 0 fully saturated rings. The number of nitrogens with zero attached hydrogens (tertiary/aromatic N) is 3. The van der Waals surface area contributed by atoms with Crippen LogP contribution in [0, 0.1) is 0 Å². The minimum absolute atomic E-state index is 0.288. The summed E-state index contributed by atoms with van der Waals surface area (Å²) in [6.07, 6.45) is 7.58. The van der Waals surface area contributed by atoms with Gasteiger partial charge in [0.1, 0.15) is 0 Å². The van der Waals surface area contributed by atoms with Crippen molar-refractivity contribution in [3.05, 3.63) is 31.5 Å². The number of thiol groups is 3. The van der Waals surface area contributed by atoms with E-state index >= 15 is 0 Å². The van der Waals surface area contributed by atoms with Gasteiger partial charge in [-0.2, -0.15) is 37.9 Å². The first-order valence-electron chi connectivity index (χ1n) is 11.1. The van der Waals surface area contributed by atoms with E-state index in [1.165, 1.54) is 13.7 Å². The van der Waals surface area contributed by atoms with Gasteiger partial charge in [-0.25, -0.2) is 28.1 Å². The summed E-state index contributed by atoms with van der Waals surface area (Å²) in [5, 5.41) is 0.863. The first-order valence-corrected chi connectivity index (χ1v) is 12.7. The Bertz CT molecular complexity index is 662. The fourth-order valence-corrected chi connectivity index (χ4v) is 3.93. The lowest BCUT2D eigenvalue weighted by atomic mass is 10.2. The van der Waals surface area contributed by atoms with Gasteiger partial charge in [-0.1, -0.05) is 40.0 Å². The van der Waals surface area contributed by atoms with E-state index < -0.39 is 17.1 Å². The molecule has 0 saturated carbocycles. The van der Waals surface area contributed by atoms with Crippen molar-refractivity contribution in [2.75, 3.05) is 0 Å². The second-order valence-electron chi connectivity index (χ2n) is 8.34. The zero-order chi connectivity index (χ0) is 22.7. The average molecular weight is 478 g/mol. The molecule has 0 aliphatic heterocycles. The molecule has 1 rings (SSSR count). The van der Waals surface area contributed by atoms with Crippen LogP contribution in [0.1, 0.15) is 78.6 Å². The van der Waals surface area contributed by atoms with Crippen LogP contribution in [0.25, 0.3) is 0 Å². The summed E-state index contributed by atoms with van der Waals surface area (Å²) in [5.74, 6) is 0. The molecule has 0 aliphatic carbocycles. The summed E-state index contributed by atoms with van der Waals surface area (Å²) in [6, 6.07) is 0. The standard InChI is InChI=1S/C21H39N3O3S3/c1-16(28)10-4-7-13-22-19(25)23(14-8-5-11-17(2)29)21(27)24(20(22)26)15-9-6-12-18(3)30/h16-18,28-30H,4-15H2,1-3H3. The van der Waals surface area contributed by atoms with Crippen molar-refractivity contribution >= 4 is 37.9 Å². The summed E-state index contributed by atoms with van der Waals surface area (Å²) in [7, 11) is 0. The molecule has 3 atom stereocenters. The molecule has 0 spiro atoms. The molecule has 0 aliphatic rings. The lowest BCUT2D eigenvalue weighted by Crippen LogP contribution is -2.54. The van der Waals surface area contributed by atoms with Crippen LogP contribution in [0.15, 0.2) is 14.4 Å². The third kappa shape index (κ3) is 9.73. The molecule has 3 unspecified atom stereocenters. The van der Waals surface area contributed by atoms with Crippen LogP contribution in [0.3, 0.4) is 0 Å². The summed E-state index contributed by atoms with van der Waals surface area (Å²) < 4.78 is 3.73. The lowest BCUT2D eigenvalue weighted by molar-refractivity contribution is 0.414. The first-order chi connectivity index (χ1) is 14.1. The Labute approximate surface area is 196 Å². The van der Waals surface area contributed by atoms with Crippen LogP contribution in [-0.2, 0) is 19.6 Å². The van der Waals surface area contributed by atoms with Crippen LogP contribution in [0.2, 0.25) is 0 Å². The van der Waals surface area contributed by atoms with E-state index in [4.69, 9.17) is 0 Å². The van der Waals surface area contributed by atoms with Crippen molar-refractivity contribution in [1.29, 1.82) is 0 Å². The molecule has 6 nitrogen and oxygen atoms in total. The summed E-state index contributed by atoms with van der Waals surface area (Å²) in [5.41, 5.74) is -1.45. The van der Waals surface area contributed by atoms with Crippen LogP contribution in [-0.4, -0.2) is 29.5 Å². The Balaban J connectivity index is 3.06. The maximum Gasteiger partial charge on any atom is 0.336 e. The van der Waals surface area contributed by atoms with Crippen molar-refractivity contribution in [1.82, 2.24) is 13.7 Å². The van der Waals surface area contributed by atoms with Crippen molar-refractivity contribution in [3.8, 4) is 0 Å². The van der Waals surface area contributed by atoms with Crippen LogP contribution >= 0.6 is 37.9 Å². The van der Waals surface area contributed by atoms with Crippen molar-refractivity contribution in [3.63, 3.8) is 0 Å². The minimum atomic E-state index is -0.483. The molecule has 1 heterocycles. The summed E-state index contributed by atoms with van der Waals surface area (Å²) in [4.78, 5) is 38.7. The topological polar surface area (TPSA) is 66.0 Å². The maximum atomic E-state index is 12.9. The highest BCUT2D eigenvalue weighted by molar-refractivity contribution is 7.81. The Morgan fingerprint density at radius 2 is 0.767 bits per heavy atom. The maximum absolute atomic E-state index is 12.9. The molecule has 174 valence electrons. The largest absolute Gasteiger partial charge is 0.336 e. The monoisotopic (exact) mass is 477 g/mol. The SMILES string of the molecule is CC(S)CCCCn1c(=O)n(CCCCC(C)S)c(=O)n(CCCCC(C)S)c1=O. The third-order valence-corrected chi connectivity index (χ3v) is 5.92. The van der Waals surface area contributed by atoms with Gasteiger partial charge in [0.05, 0.1) is 0 Å². The van der Waals surface area contributed by atoms with E-state index in [2.05, 4.69) is 37.9 Å². The van der Waals surface area contributed by atoms with Gasteiger partial charge in [-0.05, 0) is 54.3 Å². The molecule has 9 heteroatoms. The van der Waals surface area contributed by atoms with Gasteiger partial charge in [-0.15, -0.1) is 0 Å². The summed E-state index contributed by atoms with van der Waals surface area (Å²) >= 11 is 13.1. The minimum Gasteiger partial charge on any atom is -0.247 e. The number of aromatic nitrogens is 3. The molecule has 30 heavy (non-hydrogen) atoms. The zero-order valence-electron chi connectivity index (χ0n) is 18.6. The summed E-state index contributed by atoms with van der Waals surface area (Å²) in [6.45, 7) is 7.08. The number of unbranched alkanes of at least 4 members (excludes halogenated alkanes) is 3. The molecule has 1 aromatic rings. The normalized spacial score (nSPS) is 14.6. The van der Waals surface area contributed by atoms with E-state index in [0.29, 0.717) is 38.9 Å². The number of rotatable bonds is 15. The lowest BCUT2D eigenvalue weighted by Gasteiger charge is -2.14. The Kier molecular flexibility index (Phi) is 13.3. The van der Waals surface area contributed by atoms with E-state index in [1.807, 2.05) is 20.8 Å². The number of hydrogen-bond acceptors (Lipinski definition) is 6. The Hall–Kier alpha value is -0.540. The molecule has 0 saturated heterocycles. The third-order valence-electron chi connectivity index (χ3n) is 5.15. The predicted octanol–water partition coefficient (Wildman–Crippen LogP) is 3.64. The highest BCUT2D eigenvalue weighted by Gasteiger charge is 2.15. The second-order valence-corrected chi connectivity index (χ2v) is 11.0. The van der Waals surface area contributed by atoms with Gasteiger partial charge in [-0.3, -0.25) is 0 Å². The van der Waals surface area contributed by atoms with Gasteiger partial charge in [0.2, 0.25) is 0 Å². The smallest absolute Gasteiger partial charge is 0.247 e. The highest BCUT2D eigenvalue weighted by atomic mass is 32.1. The van der Waals surface area contributed by atoms with Gasteiger partial charge in [0.25, 0.3) is 0 Å². The highest BCUT2D eigenvalue weighted by Crippen LogP contribution is 2.08. The van der Waals surface area contributed by atoms with Crippen molar-refractivity contribution in [2.45, 2.75) is 114 Å². The Morgan fingerprint density at radius 3 is 0.967 bits per heavy atom. The van der Waals surface area contributed by atoms with Gasteiger partial charge in [0.15, 0.2) is 0 Å². The Morgan fingerprint density at radius 1 is 0.533 bits per heavy atom. The van der Waals surface area contributed by atoms with Crippen LogP contribution < -0.4 is 17.1 Å². The van der Waals surface area contributed by atoms with Crippen LogP contribution in [0.4, 0.5) is 0 Å². The fraction of sp³-hybridized carbons (Fsp3) is 0.857. The van der Waals surface area contributed by atoms with Gasteiger partial charge in [0, 0.05) is 19.6 Å². The molecular formula is C21H39N3O3S3. The molecule has 0 aromatic carbocycles. The molecule has 1 aromatic heterocycles. The predicted molar refractivity (Wildman–Crippen MR) is 136 cm³/mol. The van der Waals surface area contributed by atoms with Gasteiger partial charge < -0.3 is 0 Å². The second kappa shape index (κ2) is 14.5. The van der Waals surface area contributed by atoms with Crippen molar-refractivity contribution in [2.24, 2.45) is 0 Å². The first kappa shape index (κ1) is 27.5. The van der Waals surface area contributed by atoms with E-state index in [-0.39, 0.29) is 15.7 Å². The van der Waals surface area contributed by atoms with Crippen molar-refractivity contribution < 1.29 is 0 Å². The average Bonchev–Trinajstić information content (AvgIpc) is 2.65. The van der Waals surface area contributed by atoms with E-state index in [1.54, 1.807) is 0 Å². The van der Waals surface area contributed by atoms with Gasteiger partial charge >= 0.3 is 17.1 Å².